The Morgan fingerprint density at radius 2 is 2.11 bits per heavy atom. The molecule has 2 amide bonds. The summed E-state index contributed by atoms with van der Waals surface area (Å²) in [6.45, 7) is 1.01. The summed E-state index contributed by atoms with van der Waals surface area (Å²) < 4.78 is 0. The van der Waals surface area contributed by atoms with E-state index in [1.807, 2.05) is 30.3 Å². The molecule has 1 heterocycles. The lowest BCUT2D eigenvalue weighted by Gasteiger charge is -2.19. The van der Waals surface area contributed by atoms with Crippen LogP contribution in [0.1, 0.15) is 12.0 Å². The van der Waals surface area contributed by atoms with E-state index >= 15 is 0 Å². The van der Waals surface area contributed by atoms with Crippen molar-refractivity contribution in [2.45, 2.75) is 13.0 Å². The van der Waals surface area contributed by atoms with Gasteiger partial charge in [-0.05, 0) is 5.56 Å². The molecule has 0 radical (unpaired) electrons. The van der Waals surface area contributed by atoms with E-state index in [1.54, 1.807) is 11.9 Å². The minimum Gasteiger partial charge on any atom is -0.338 e. The van der Waals surface area contributed by atoms with Crippen LogP contribution in [0.3, 0.4) is 0 Å². The third kappa shape index (κ3) is 3.12. The van der Waals surface area contributed by atoms with E-state index < -0.39 is 0 Å². The van der Waals surface area contributed by atoms with Gasteiger partial charge in [0.15, 0.2) is 0 Å². The van der Waals surface area contributed by atoms with Crippen molar-refractivity contribution in [3.05, 3.63) is 35.9 Å². The summed E-state index contributed by atoms with van der Waals surface area (Å²) >= 11 is 0. The molecule has 0 spiro atoms. The highest BCUT2D eigenvalue weighted by Crippen LogP contribution is 2.21. The van der Waals surface area contributed by atoms with E-state index in [1.165, 1.54) is 12.2 Å². The van der Waals surface area contributed by atoms with Crippen LogP contribution in [0.25, 0.3) is 0 Å². The lowest BCUT2D eigenvalue weighted by atomic mass is 10.1. The van der Waals surface area contributed by atoms with E-state index in [2.05, 4.69) is 0 Å². The number of likely N-dealkylation sites (tertiary alicyclic amines) is 1. The van der Waals surface area contributed by atoms with Gasteiger partial charge in [0.2, 0.25) is 5.91 Å². The Hall–Kier alpha value is -1.88. The van der Waals surface area contributed by atoms with Crippen molar-refractivity contribution in [2.24, 2.45) is 5.92 Å². The van der Waals surface area contributed by atoms with Crippen LogP contribution in [0.5, 0.6) is 0 Å². The first-order valence-electron chi connectivity index (χ1n) is 6.25. The van der Waals surface area contributed by atoms with Gasteiger partial charge in [-0.3, -0.25) is 14.4 Å². The molecule has 0 N–H and O–H groups in total. The molecule has 1 aliphatic rings. The lowest BCUT2D eigenvalue weighted by Crippen LogP contribution is -2.33. The van der Waals surface area contributed by atoms with Gasteiger partial charge in [0.1, 0.15) is 0 Å². The Kier molecular flexibility index (Phi) is 4.16. The highest BCUT2D eigenvalue weighted by atomic mass is 16.7. The van der Waals surface area contributed by atoms with Gasteiger partial charge in [-0.15, -0.1) is 0 Å². The van der Waals surface area contributed by atoms with Crippen LogP contribution >= 0.6 is 0 Å². The molecule has 5 nitrogen and oxygen atoms in total. The molecule has 2 rings (SSSR count). The maximum absolute atomic E-state index is 11.9. The van der Waals surface area contributed by atoms with Crippen molar-refractivity contribution < 1.29 is 14.4 Å². The van der Waals surface area contributed by atoms with E-state index in [-0.39, 0.29) is 24.2 Å². The average molecular weight is 262 g/mol. The number of carbonyl (C=O) groups excluding carboxylic acids is 2. The van der Waals surface area contributed by atoms with Crippen molar-refractivity contribution in [3.63, 3.8) is 0 Å². The van der Waals surface area contributed by atoms with Gasteiger partial charge in [0.05, 0.1) is 13.0 Å². The molecule has 0 bridgehead atoms. The molecular weight excluding hydrogens is 244 g/mol. The first-order chi connectivity index (χ1) is 9.11. The molecule has 1 unspecified atom stereocenters. The van der Waals surface area contributed by atoms with Gasteiger partial charge < -0.3 is 4.90 Å². The van der Waals surface area contributed by atoms with Gasteiger partial charge in [0, 0.05) is 26.6 Å². The third-order valence-corrected chi connectivity index (χ3v) is 3.36. The molecule has 102 valence electrons. The van der Waals surface area contributed by atoms with Crippen LogP contribution in [0.15, 0.2) is 30.3 Å². The summed E-state index contributed by atoms with van der Waals surface area (Å²) in [5.41, 5.74) is 1.07. The molecular formula is C14H18N2O3. The smallest absolute Gasteiger partial charge is 0.251 e. The maximum atomic E-state index is 11.9. The summed E-state index contributed by atoms with van der Waals surface area (Å²) in [7, 11) is 3.00. The Labute approximate surface area is 112 Å². The Morgan fingerprint density at radius 1 is 1.42 bits per heavy atom. The molecule has 1 atom stereocenters. The number of hydrogen-bond acceptors (Lipinski definition) is 3. The quantitative estimate of drug-likeness (QED) is 0.762. The molecule has 1 saturated heterocycles. The number of nitrogens with zero attached hydrogens (tertiary/aromatic N) is 2. The van der Waals surface area contributed by atoms with Crippen LogP contribution in [0, 0.1) is 5.92 Å². The Bertz CT molecular complexity index is 461. The van der Waals surface area contributed by atoms with Gasteiger partial charge in [-0.25, -0.2) is 5.06 Å². The van der Waals surface area contributed by atoms with Crippen LogP contribution in [-0.4, -0.2) is 42.5 Å². The number of hydroxylamine groups is 2. The van der Waals surface area contributed by atoms with Gasteiger partial charge in [-0.2, -0.15) is 0 Å². The molecule has 1 aliphatic heterocycles. The van der Waals surface area contributed by atoms with Crippen LogP contribution in [-0.2, 0) is 21.0 Å². The monoisotopic (exact) mass is 262 g/mol. The van der Waals surface area contributed by atoms with Crippen molar-refractivity contribution >= 4 is 11.8 Å². The normalized spacial score (nSPS) is 18.7. The first kappa shape index (κ1) is 13.5. The average Bonchev–Trinajstić information content (AvgIpc) is 2.79. The van der Waals surface area contributed by atoms with E-state index in [4.69, 9.17) is 4.84 Å². The zero-order chi connectivity index (χ0) is 13.8. The number of carbonyl (C=O) groups is 2. The molecule has 0 aromatic heterocycles. The fourth-order valence-electron chi connectivity index (χ4n) is 2.24. The van der Waals surface area contributed by atoms with Gasteiger partial charge in [0.25, 0.3) is 5.91 Å². The highest BCUT2D eigenvalue weighted by molar-refractivity contribution is 5.88. The summed E-state index contributed by atoms with van der Waals surface area (Å²) in [5.74, 6) is -0.431. The predicted molar refractivity (Wildman–Crippen MR) is 69.7 cm³/mol. The second-order valence-corrected chi connectivity index (χ2v) is 4.68. The molecule has 1 aromatic rings. The molecule has 0 saturated carbocycles. The second-order valence-electron chi connectivity index (χ2n) is 4.68. The maximum Gasteiger partial charge on any atom is 0.251 e. The standard InChI is InChI=1S/C14H18N2O3/c1-15(19-2)14(18)12-8-13(17)16(10-12)9-11-6-4-3-5-7-11/h3-7,12H,8-10H2,1-2H3. The van der Waals surface area contributed by atoms with Crippen molar-refractivity contribution in [2.75, 3.05) is 20.7 Å². The minimum atomic E-state index is -0.304. The summed E-state index contributed by atoms with van der Waals surface area (Å²) in [5, 5.41) is 1.18. The molecule has 5 heteroatoms. The van der Waals surface area contributed by atoms with Gasteiger partial charge >= 0.3 is 0 Å². The predicted octanol–water partition coefficient (Wildman–Crippen LogP) is 1.05. The third-order valence-electron chi connectivity index (χ3n) is 3.36. The summed E-state index contributed by atoms with van der Waals surface area (Å²) in [6, 6.07) is 9.77. The minimum absolute atomic E-state index is 0.0201. The second kappa shape index (κ2) is 5.84. The van der Waals surface area contributed by atoms with Crippen molar-refractivity contribution in [1.29, 1.82) is 0 Å². The number of benzene rings is 1. The number of hydrogen-bond donors (Lipinski definition) is 0. The van der Waals surface area contributed by atoms with E-state index in [0.29, 0.717) is 13.1 Å². The zero-order valence-corrected chi connectivity index (χ0v) is 11.2. The summed E-state index contributed by atoms with van der Waals surface area (Å²) in [4.78, 5) is 30.5. The van der Waals surface area contributed by atoms with E-state index in [0.717, 1.165) is 5.56 Å². The van der Waals surface area contributed by atoms with E-state index in [9.17, 15) is 9.59 Å². The number of rotatable bonds is 4. The fraction of sp³-hybridized carbons (Fsp3) is 0.429. The molecule has 1 aromatic carbocycles. The van der Waals surface area contributed by atoms with Crippen LogP contribution in [0.2, 0.25) is 0 Å². The largest absolute Gasteiger partial charge is 0.338 e. The topological polar surface area (TPSA) is 49.9 Å². The fourth-order valence-corrected chi connectivity index (χ4v) is 2.24. The van der Waals surface area contributed by atoms with Crippen molar-refractivity contribution in [3.8, 4) is 0 Å². The van der Waals surface area contributed by atoms with Crippen molar-refractivity contribution in [1.82, 2.24) is 9.96 Å². The lowest BCUT2D eigenvalue weighted by molar-refractivity contribution is -0.173. The van der Waals surface area contributed by atoms with Gasteiger partial charge in [-0.1, -0.05) is 30.3 Å². The SMILES string of the molecule is CON(C)C(=O)C1CC(=O)N(Cc2ccccc2)C1. The Morgan fingerprint density at radius 3 is 2.74 bits per heavy atom. The summed E-state index contributed by atoms with van der Waals surface area (Å²) in [6.07, 6.45) is 0.263. The zero-order valence-electron chi connectivity index (χ0n) is 11.2. The highest BCUT2D eigenvalue weighted by Gasteiger charge is 2.35. The Balaban J connectivity index is 1.98. The molecule has 1 fully saturated rings. The first-order valence-corrected chi connectivity index (χ1v) is 6.25. The molecule has 19 heavy (non-hydrogen) atoms. The van der Waals surface area contributed by atoms with Crippen LogP contribution in [0.4, 0.5) is 0 Å². The number of amides is 2. The molecule has 0 aliphatic carbocycles. The van der Waals surface area contributed by atoms with Crippen LogP contribution < -0.4 is 0 Å².